The van der Waals surface area contributed by atoms with Gasteiger partial charge in [-0.25, -0.2) is 0 Å². The molecule has 0 radical (unpaired) electrons. The highest BCUT2D eigenvalue weighted by Gasteiger charge is 2.01. The van der Waals surface area contributed by atoms with Crippen LogP contribution in [0, 0.1) is 0 Å². The number of hydrogen-bond donors (Lipinski definition) is 0. The molecule has 7 heteroatoms. The minimum Gasteiger partial charge on any atom is -0.372 e. The molecule has 0 saturated heterocycles. The first kappa shape index (κ1) is 23.6. The van der Waals surface area contributed by atoms with Crippen molar-refractivity contribution in [1.29, 1.82) is 0 Å². The van der Waals surface area contributed by atoms with Crippen LogP contribution in [0.3, 0.4) is 0 Å². The van der Waals surface area contributed by atoms with Gasteiger partial charge in [-0.05, 0) is 98.8 Å². The van der Waals surface area contributed by atoms with E-state index in [-0.39, 0.29) is 0 Å². The van der Waals surface area contributed by atoms with Gasteiger partial charge in [-0.15, -0.1) is 0 Å². The van der Waals surface area contributed by atoms with Gasteiger partial charge < -0.3 is 4.90 Å². The van der Waals surface area contributed by atoms with E-state index in [0.717, 1.165) is 47.2 Å². The highest BCUT2D eigenvalue weighted by Crippen LogP contribution is 2.26. The number of anilines is 1. The molecular weight excluding hydrogens is 434 g/mol. The van der Waals surface area contributed by atoms with Crippen LogP contribution in [0.2, 0.25) is 0 Å². The standard InChI is InChI=1S/C28H27N7/c1-3-35(4-2)28-20-18-27(19-21-28)34-33-26-16-14-25(15-17-26)32-31-24-12-10-23(11-13-24)30-29-22-8-6-5-7-9-22/h5-21H,3-4H2,1-2H3. The summed E-state index contributed by atoms with van der Waals surface area (Å²) in [5.74, 6) is 0. The summed E-state index contributed by atoms with van der Waals surface area (Å²) in [5, 5.41) is 25.7. The van der Waals surface area contributed by atoms with E-state index in [1.54, 1.807) is 0 Å². The zero-order chi connectivity index (χ0) is 24.3. The van der Waals surface area contributed by atoms with Gasteiger partial charge in [-0.2, -0.15) is 30.7 Å². The van der Waals surface area contributed by atoms with Crippen molar-refractivity contribution in [3.8, 4) is 0 Å². The average Bonchev–Trinajstić information content (AvgIpc) is 2.93. The predicted molar refractivity (Wildman–Crippen MR) is 142 cm³/mol. The lowest BCUT2D eigenvalue weighted by Crippen LogP contribution is -2.21. The maximum absolute atomic E-state index is 4.33. The molecule has 0 heterocycles. The van der Waals surface area contributed by atoms with Gasteiger partial charge in [-0.3, -0.25) is 0 Å². The number of nitrogens with zero attached hydrogens (tertiary/aromatic N) is 7. The summed E-state index contributed by atoms with van der Waals surface area (Å²) in [7, 11) is 0. The fraction of sp³-hybridized carbons (Fsp3) is 0.143. The van der Waals surface area contributed by atoms with E-state index in [9.17, 15) is 0 Å². The van der Waals surface area contributed by atoms with Crippen molar-refractivity contribution in [2.75, 3.05) is 18.0 Å². The third-order valence-corrected chi connectivity index (χ3v) is 5.28. The number of rotatable bonds is 9. The molecule has 0 aliphatic heterocycles. The normalized spacial score (nSPS) is 11.6. The number of azo groups is 3. The molecule has 0 aromatic heterocycles. The first-order chi connectivity index (χ1) is 17.2. The molecule has 0 aliphatic rings. The first-order valence-corrected chi connectivity index (χ1v) is 11.6. The summed E-state index contributed by atoms with van der Waals surface area (Å²) < 4.78 is 0. The highest BCUT2D eigenvalue weighted by molar-refractivity contribution is 5.53. The number of hydrogen-bond acceptors (Lipinski definition) is 7. The molecule has 0 aliphatic carbocycles. The maximum atomic E-state index is 4.33. The average molecular weight is 462 g/mol. The fourth-order valence-corrected chi connectivity index (χ4v) is 3.33. The van der Waals surface area contributed by atoms with E-state index in [1.807, 2.05) is 91.0 Å². The van der Waals surface area contributed by atoms with E-state index in [0.29, 0.717) is 0 Å². The molecule has 0 unspecified atom stereocenters. The van der Waals surface area contributed by atoms with Crippen LogP contribution >= 0.6 is 0 Å². The molecule has 0 amide bonds. The van der Waals surface area contributed by atoms with Crippen LogP contribution in [0.15, 0.2) is 134 Å². The van der Waals surface area contributed by atoms with Gasteiger partial charge in [0.05, 0.1) is 34.1 Å². The van der Waals surface area contributed by atoms with Gasteiger partial charge in [0.25, 0.3) is 0 Å². The molecule has 0 bridgehead atoms. The van der Waals surface area contributed by atoms with Crippen molar-refractivity contribution < 1.29 is 0 Å². The Hall–Kier alpha value is -4.52. The molecule has 35 heavy (non-hydrogen) atoms. The van der Waals surface area contributed by atoms with Crippen molar-refractivity contribution in [3.63, 3.8) is 0 Å². The lowest BCUT2D eigenvalue weighted by Gasteiger charge is -2.20. The minimum atomic E-state index is 0.736. The topological polar surface area (TPSA) is 77.4 Å². The van der Waals surface area contributed by atoms with Crippen molar-refractivity contribution in [1.82, 2.24) is 0 Å². The summed E-state index contributed by atoms with van der Waals surface area (Å²) in [6.07, 6.45) is 0. The Balaban J connectivity index is 1.33. The highest BCUT2D eigenvalue weighted by atomic mass is 15.1. The summed E-state index contributed by atoms with van der Waals surface area (Å²) in [6, 6.07) is 32.6. The van der Waals surface area contributed by atoms with Crippen molar-refractivity contribution in [2.45, 2.75) is 13.8 Å². The second-order valence-electron chi connectivity index (χ2n) is 7.66. The molecule has 0 N–H and O–H groups in total. The van der Waals surface area contributed by atoms with E-state index < -0.39 is 0 Å². The quantitative estimate of drug-likeness (QED) is 0.228. The van der Waals surface area contributed by atoms with Crippen molar-refractivity contribution >= 4 is 39.8 Å². The van der Waals surface area contributed by atoms with Crippen LogP contribution in [0.1, 0.15) is 13.8 Å². The fourth-order valence-electron chi connectivity index (χ4n) is 3.33. The Morgan fingerprint density at radius 1 is 0.400 bits per heavy atom. The molecule has 0 atom stereocenters. The van der Waals surface area contributed by atoms with E-state index in [1.165, 1.54) is 5.69 Å². The maximum Gasteiger partial charge on any atom is 0.0858 e. The molecular formula is C28H27N7. The van der Waals surface area contributed by atoms with Crippen LogP contribution in [-0.2, 0) is 0 Å². The molecule has 0 spiro atoms. The van der Waals surface area contributed by atoms with Gasteiger partial charge >= 0.3 is 0 Å². The zero-order valence-corrected chi connectivity index (χ0v) is 19.9. The SMILES string of the molecule is CCN(CC)c1ccc(N=Nc2ccc(N=Nc3ccc(N=Nc4ccccc4)cc3)cc2)cc1. The summed E-state index contributed by atoms with van der Waals surface area (Å²) >= 11 is 0. The Labute approximate surface area is 205 Å². The number of benzene rings is 4. The van der Waals surface area contributed by atoms with Gasteiger partial charge in [0.2, 0.25) is 0 Å². The Morgan fingerprint density at radius 3 is 1.00 bits per heavy atom. The van der Waals surface area contributed by atoms with Gasteiger partial charge in [0, 0.05) is 18.8 Å². The lowest BCUT2D eigenvalue weighted by atomic mass is 10.2. The largest absolute Gasteiger partial charge is 0.372 e. The summed E-state index contributed by atoms with van der Waals surface area (Å²) in [4.78, 5) is 2.29. The third kappa shape index (κ3) is 6.98. The summed E-state index contributed by atoms with van der Waals surface area (Å²) in [5.41, 5.74) is 5.80. The van der Waals surface area contributed by atoms with Gasteiger partial charge in [-0.1, -0.05) is 18.2 Å². The Morgan fingerprint density at radius 2 is 0.686 bits per heavy atom. The van der Waals surface area contributed by atoms with E-state index >= 15 is 0 Å². The lowest BCUT2D eigenvalue weighted by molar-refractivity contribution is 0.866. The van der Waals surface area contributed by atoms with Crippen LogP contribution in [0.4, 0.5) is 39.8 Å². The summed E-state index contributed by atoms with van der Waals surface area (Å²) in [6.45, 7) is 6.26. The molecule has 0 saturated carbocycles. The molecule has 4 aromatic rings. The third-order valence-electron chi connectivity index (χ3n) is 5.28. The smallest absolute Gasteiger partial charge is 0.0858 e. The molecule has 7 nitrogen and oxygen atoms in total. The van der Waals surface area contributed by atoms with E-state index in [4.69, 9.17) is 0 Å². The molecule has 0 fully saturated rings. The van der Waals surface area contributed by atoms with Crippen LogP contribution in [0.5, 0.6) is 0 Å². The van der Waals surface area contributed by atoms with Crippen LogP contribution < -0.4 is 4.90 Å². The monoisotopic (exact) mass is 461 g/mol. The van der Waals surface area contributed by atoms with Crippen molar-refractivity contribution in [3.05, 3.63) is 103 Å². The van der Waals surface area contributed by atoms with Gasteiger partial charge in [0.15, 0.2) is 0 Å². The van der Waals surface area contributed by atoms with Crippen LogP contribution in [0.25, 0.3) is 0 Å². The van der Waals surface area contributed by atoms with Crippen molar-refractivity contribution in [2.24, 2.45) is 30.7 Å². The van der Waals surface area contributed by atoms with E-state index in [2.05, 4.69) is 61.6 Å². The second-order valence-corrected chi connectivity index (χ2v) is 7.66. The molecule has 4 rings (SSSR count). The second kappa shape index (κ2) is 12.1. The Kier molecular flexibility index (Phi) is 8.16. The predicted octanol–water partition coefficient (Wildman–Crippen LogP) is 9.78. The Bertz CT molecular complexity index is 1270. The minimum absolute atomic E-state index is 0.736. The zero-order valence-electron chi connectivity index (χ0n) is 19.9. The van der Waals surface area contributed by atoms with Crippen LogP contribution in [-0.4, -0.2) is 13.1 Å². The molecule has 174 valence electrons. The first-order valence-electron chi connectivity index (χ1n) is 11.6. The molecule has 4 aromatic carbocycles. The van der Waals surface area contributed by atoms with Gasteiger partial charge in [0.1, 0.15) is 0 Å².